The van der Waals surface area contributed by atoms with E-state index in [1.54, 1.807) is 13.8 Å². The first-order chi connectivity index (χ1) is 12.5. The standard InChI is InChI=1S/C18H16N2O6/c1-3-25-17(23)11-7-19-13-9(15(11)21)5-6-10-14(13)20-8-12(16(10)22)18(24)26-4-2/h5-8,11H,3-4H2,1-2H3,(H,20,22). The number of rotatable bonds is 4. The Bertz CT molecular complexity index is 950. The second-order valence-electron chi connectivity index (χ2n) is 5.47. The molecule has 26 heavy (non-hydrogen) atoms. The fourth-order valence-electron chi connectivity index (χ4n) is 2.71. The number of fused-ring (bicyclic) bond motifs is 3. The van der Waals surface area contributed by atoms with Crippen LogP contribution in [-0.2, 0) is 14.3 Å². The summed E-state index contributed by atoms with van der Waals surface area (Å²) < 4.78 is 9.76. The molecule has 1 aliphatic heterocycles. The number of hydrogen-bond acceptors (Lipinski definition) is 8. The minimum Gasteiger partial charge on any atom is -0.506 e. The van der Waals surface area contributed by atoms with E-state index < -0.39 is 23.6 Å². The number of aromatic nitrogens is 1. The lowest BCUT2D eigenvalue weighted by molar-refractivity contribution is -0.144. The van der Waals surface area contributed by atoms with Gasteiger partial charge in [-0.05, 0) is 26.0 Å². The van der Waals surface area contributed by atoms with E-state index in [1.807, 2.05) is 0 Å². The molecule has 0 aliphatic carbocycles. The minimum atomic E-state index is -1.10. The Kier molecular flexibility index (Phi) is 4.66. The average Bonchev–Trinajstić information content (AvgIpc) is 2.62. The molecule has 1 unspecified atom stereocenters. The molecule has 0 radical (unpaired) electrons. The van der Waals surface area contributed by atoms with Gasteiger partial charge in [0.1, 0.15) is 16.8 Å². The topological polar surface area (TPSA) is 115 Å². The van der Waals surface area contributed by atoms with Crippen LogP contribution in [0, 0.1) is 5.92 Å². The summed E-state index contributed by atoms with van der Waals surface area (Å²) in [6, 6.07) is 2.90. The molecule has 0 spiro atoms. The van der Waals surface area contributed by atoms with Crippen molar-refractivity contribution in [3.8, 4) is 5.75 Å². The molecule has 1 aromatic carbocycles. The number of pyridine rings is 1. The number of hydrogen-bond donors (Lipinski definition) is 1. The van der Waals surface area contributed by atoms with Crippen molar-refractivity contribution in [1.29, 1.82) is 0 Å². The van der Waals surface area contributed by atoms with Crippen molar-refractivity contribution in [2.45, 2.75) is 13.8 Å². The summed E-state index contributed by atoms with van der Waals surface area (Å²) >= 11 is 0. The van der Waals surface area contributed by atoms with E-state index in [9.17, 15) is 19.5 Å². The molecule has 0 saturated heterocycles. The summed E-state index contributed by atoms with van der Waals surface area (Å²) in [4.78, 5) is 44.6. The van der Waals surface area contributed by atoms with E-state index in [2.05, 4.69) is 9.98 Å². The molecule has 8 nitrogen and oxygen atoms in total. The Morgan fingerprint density at radius 3 is 2.62 bits per heavy atom. The van der Waals surface area contributed by atoms with Gasteiger partial charge >= 0.3 is 11.9 Å². The molecule has 3 rings (SSSR count). The molecular formula is C18H16N2O6. The van der Waals surface area contributed by atoms with E-state index in [4.69, 9.17) is 9.47 Å². The maximum absolute atomic E-state index is 12.6. The maximum atomic E-state index is 12.6. The van der Waals surface area contributed by atoms with E-state index in [1.165, 1.54) is 24.5 Å². The van der Waals surface area contributed by atoms with Gasteiger partial charge in [-0.3, -0.25) is 19.6 Å². The zero-order valence-corrected chi connectivity index (χ0v) is 14.2. The van der Waals surface area contributed by atoms with E-state index in [0.29, 0.717) is 0 Å². The van der Waals surface area contributed by atoms with Crippen LogP contribution in [0.25, 0.3) is 10.9 Å². The van der Waals surface area contributed by atoms with Crippen molar-refractivity contribution in [1.82, 2.24) is 4.98 Å². The van der Waals surface area contributed by atoms with Gasteiger partial charge in [0.25, 0.3) is 0 Å². The van der Waals surface area contributed by atoms with Crippen LogP contribution in [0.1, 0.15) is 34.6 Å². The highest BCUT2D eigenvalue weighted by Gasteiger charge is 2.33. The van der Waals surface area contributed by atoms with Gasteiger partial charge in [-0.25, -0.2) is 4.79 Å². The molecule has 1 N–H and O–H groups in total. The molecule has 0 fully saturated rings. The van der Waals surface area contributed by atoms with Crippen LogP contribution < -0.4 is 0 Å². The summed E-state index contributed by atoms with van der Waals surface area (Å²) in [6.07, 6.45) is 2.38. The molecule has 1 aliphatic rings. The number of esters is 2. The Balaban J connectivity index is 2.09. The van der Waals surface area contributed by atoms with Crippen molar-refractivity contribution in [3.63, 3.8) is 0 Å². The maximum Gasteiger partial charge on any atom is 0.343 e. The predicted octanol–water partition coefficient (Wildman–Crippen LogP) is 2.20. The Hall–Kier alpha value is -3.29. The van der Waals surface area contributed by atoms with Gasteiger partial charge in [-0.2, -0.15) is 0 Å². The lowest BCUT2D eigenvalue weighted by Crippen LogP contribution is -2.29. The van der Waals surface area contributed by atoms with Crippen LogP contribution in [0.15, 0.2) is 23.3 Å². The highest BCUT2D eigenvalue weighted by atomic mass is 16.5. The molecule has 2 heterocycles. The molecule has 1 aromatic heterocycles. The lowest BCUT2D eigenvalue weighted by atomic mass is 9.93. The number of aliphatic imine (C=N–C) groups is 1. The number of benzene rings is 1. The Labute approximate surface area is 148 Å². The van der Waals surface area contributed by atoms with E-state index in [-0.39, 0.29) is 46.7 Å². The van der Waals surface area contributed by atoms with Crippen LogP contribution in [0.4, 0.5) is 5.69 Å². The highest BCUT2D eigenvalue weighted by Crippen LogP contribution is 2.37. The van der Waals surface area contributed by atoms with Crippen molar-refractivity contribution >= 4 is 40.5 Å². The SMILES string of the molecule is CCOC(=O)c1cnc2c3c(ccc2c1O)C(=O)C(C(=O)OCC)C=N3. The molecule has 0 saturated carbocycles. The van der Waals surface area contributed by atoms with Gasteiger partial charge in [0.2, 0.25) is 0 Å². The van der Waals surface area contributed by atoms with Crippen molar-refractivity contribution in [2.75, 3.05) is 13.2 Å². The van der Waals surface area contributed by atoms with E-state index in [0.717, 1.165) is 0 Å². The first-order valence-electron chi connectivity index (χ1n) is 8.06. The first-order valence-corrected chi connectivity index (χ1v) is 8.06. The molecule has 0 bridgehead atoms. The third kappa shape index (κ3) is 2.79. The number of nitrogens with zero attached hydrogens (tertiary/aromatic N) is 2. The van der Waals surface area contributed by atoms with Crippen LogP contribution >= 0.6 is 0 Å². The number of Topliss-reactive ketones (excluding diaryl/α,β-unsaturated/α-hetero) is 1. The zero-order valence-electron chi connectivity index (χ0n) is 14.2. The summed E-state index contributed by atoms with van der Waals surface area (Å²) in [7, 11) is 0. The third-order valence-corrected chi connectivity index (χ3v) is 3.92. The first kappa shape index (κ1) is 17.5. The van der Waals surface area contributed by atoms with Crippen molar-refractivity contribution in [2.24, 2.45) is 10.9 Å². The minimum absolute atomic E-state index is 0.0742. The van der Waals surface area contributed by atoms with Gasteiger partial charge in [0.15, 0.2) is 11.7 Å². The zero-order chi connectivity index (χ0) is 18.8. The average molecular weight is 356 g/mol. The fraction of sp³-hybridized carbons (Fsp3) is 0.278. The van der Waals surface area contributed by atoms with Crippen LogP contribution in [0.5, 0.6) is 5.75 Å². The molecule has 134 valence electrons. The largest absolute Gasteiger partial charge is 0.506 e. The van der Waals surface area contributed by atoms with Crippen LogP contribution in [0.3, 0.4) is 0 Å². The summed E-state index contributed by atoms with van der Waals surface area (Å²) in [5.41, 5.74) is 0.613. The third-order valence-electron chi connectivity index (χ3n) is 3.92. The number of ketones is 1. The van der Waals surface area contributed by atoms with Crippen molar-refractivity contribution < 1.29 is 29.0 Å². The number of carbonyl (C=O) groups excluding carboxylic acids is 3. The van der Waals surface area contributed by atoms with Gasteiger partial charge in [-0.1, -0.05) is 0 Å². The van der Waals surface area contributed by atoms with Crippen molar-refractivity contribution in [3.05, 3.63) is 29.5 Å². The molecule has 1 atom stereocenters. The molecule has 0 amide bonds. The molecule has 2 aromatic rings. The van der Waals surface area contributed by atoms with E-state index >= 15 is 0 Å². The number of ether oxygens (including phenoxy) is 2. The predicted molar refractivity (Wildman–Crippen MR) is 92.0 cm³/mol. The second-order valence-corrected chi connectivity index (χ2v) is 5.47. The van der Waals surface area contributed by atoms with Crippen LogP contribution in [-0.4, -0.2) is 47.2 Å². The molecular weight excluding hydrogens is 340 g/mol. The Morgan fingerprint density at radius 2 is 1.92 bits per heavy atom. The van der Waals surface area contributed by atoms with Gasteiger partial charge in [-0.15, -0.1) is 0 Å². The quantitative estimate of drug-likeness (QED) is 0.659. The fourth-order valence-corrected chi connectivity index (χ4v) is 2.71. The van der Waals surface area contributed by atoms with Gasteiger partial charge in [0.05, 0.1) is 18.9 Å². The summed E-state index contributed by atoms with van der Waals surface area (Å²) in [5, 5.41) is 10.6. The second kappa shape index (κ2) is 6.91. The molecule has 8 heteroatoms. The van der Waals surface area contributed by atoms with Gasteiger partial charge < -0.3 is 14.6 Å². The number of carbonyl (C=O) groups is 3. The number of aromatic hydroxyl groups is 1. The monoisotopic (exact) mass is 356 g/mol. The van der Waals surface area contributed by atoms with Gasteiger partial charge in [0, 0.05) is 23.4 Å². The normalized spacial score (nSPS) is 15.6. The summed E-state index contributed by atoms with van der Waals surface area (Å²) in [6.45, 7) is 3.62. The lowest BCUT2D eigenvalue weighted by Gasteiger charge is -2.17. The Morgan fingerprint density at radius 1 is 1.19 bits per heavy atom. The highest BCUT2D eigenvalue weighted by molar-refractivity contribution is 6.24. The smallest absolute Gasteiger partial charge is 0.343 e. The van der Waals surface area contributed by atoms with Crippen LogP contribution in [0.2, 0.25) is 0 Å². The summed E-state index contributed by atoms with van der Waals surface area (Å²) in [5.74, 6) is -3.22.